The van der Waals surface area contributed by atoms with Gasteiger partial charge in [0.25, 0.3) is 0 Å². The second-order valence-corrected chi connectivity index (χ2v) is 5.46. The molecule has 1 atom stereocenters. The summed E-state index contributed by atoms with van der Waals surface area (Å²) in [7, 11) is 0. The van der Waals surface area contributed by atoms with Gasteiger partial charge in [-0.2, -0.15) is 0 Å². The first-order valence-corrected chi connectivity index (χ1v) is 7.33. The number of hydrogen-bond acceptors (Lipinski definition) is 3. The van der Waals surface area contributed by atoms with E-state index in [-0.39, 0.29) is 25.0 Å². The summed E-state index contributed by atoms with van der Waals surface area (Å²) >= 11 is 5.81. The van der Waals surface area contributed by atoms with Crippen LogP contribution in [-0.4, -0.2) is 36.2 Å². The molecule has 0 aliphatic carbocycles. The number of hydrogen-bond donors (Lipinski definition) is 1. The van der Waals surface area contributed by atoms with Crippen molar-refractivity contribution in [2.24, 2.45) is 0 Å². The van der Waals surface area contributed by atoms with Gasteiger partial charge in [0.15, 0.2) is 0 Å². The SMILES string of the molecule is O=C(O)CN(C(=O)CCC1CCCO1)c1ccc(Cl)cc1. The monoisotopic (exact) mass is 311 g/mol. The molecule has 1 fully saturated rings. The lowest BCUT2D eigenvalue weighted by molar-refractivity contribution is -0.136. The van der Waals surface area contributed by atoms with E-state index in [1.54, 1.807) is 24.3 Å². The Morgan fingerprint density at radius 1 is 1.33 bits per heavy atom. The molecule has 1 heterocycles. The number of carbonyl (C=O) groups excluding carboxylic acids is 1. The van der Waals surface area contributed by atoms with Crippen molar-refractivity contribution in [1.82, 2.24) is 0 Å². The number of carboxylic acids is 1. The van der Waals surface area contributed by atoms with Crippen LogP contribution in [0, 0.1) is 0 Å². The minimum absolute atomic E-state index is 0.117. The average molecular weight is 312 g/mol. The van der Waals surface area contributed by atoms with Crippen LogP contribution in [0.25, 0.3) is 0 Å². The van der Waals surface area contributed by atoms with Gasteiger partial charge < -0.3 is 14.7 Å². The van der Waals surface area contributed by atoms with Gasteiger partial charge in [-0.1, -0.05) is 11.6 Å². The third-order valence-corrected chi connectivity index (χ3v) is 3.69. The van der Waals surface area contributed by atoms with Crippen LogP contribution >= 0.6 is 11.6 Å². The Bertz CT molecular complexity index is 497. The molecule has 1 unspecified atom stereocenters. The molecule has 1 saturated heterocycles. The zero-order valence-corrected chi connectivity index (χ0v) is 12.4. The maximum Gasteiger partial charge on any atom is 0.323 e. The lowest BCUT2D eigenvalue weighted by Gasteiger charge is -2.21. The van der Waals surface area contributed by atoms with E-state index in [0.717, 1.165) is 19.4 Å². The van der Waals surface area contributed by atoms with E-state index in [2.05, 4.69) is 0 Å². The Morgan fingerprint density at radius 3 is 2.62 bits per heavy atom. The number of nitrogens with zero attached hydrogens (tertiary/aromatic N) is 1. The predicted molar refractivity (Wildman–Crippen MR) is 79.6 cm³/mol. The second-order valence-electron chi connectivity index (χ2n) is 5.02. The van der Waals surface area contributed by atoms with Crippen LogP contribution in [0.3, 0.4) is 0 Å². The molecule has 1 aliphatic rings. The van der Waals surface area contributed by atoms with Gasteiger partial charge in [-0.25, -0.2) is 0 Å². The summed E-state index contributed by atoms with van der Waals surface area (Å²) in [5.41, 5.74) is 0.541. The fourth-order valence-electron chi connectivity index (χ4n) is 2.37. The fourth-order valence-corrected chi connectivity index (χ4v) is 2.50. The molecule has 0 spiro atoms. The summed E-state index contributed by atoms with van der Waals surface area (Å²) in [5.74, 6) is -1.26. The van der Waals surface area contributed by atoms with Gasteiger partial charge in [-0.05, 0) is 43.5 Å². The van der Waals surface area contributed by atoms with E-state index in [1.165, 1.54) is 4.90 Å². The largest absolute Gasteiger partial charge is 0.480 e. The first kappa shape index (κ1) is 15.8. The molecule has 2 rings (SSSR count). The highest BCUT2D eigenvalue weighted by Gasteiger charge is 2.22. The summed E-state index contributed by atoms with van der Waals surface area (Å²) in [5, 5.41) is 9.53. The number of carbonyl (C=O) groups is 2. The number of amides is 1. The molecule has 0 saturated carbocycles. The van der Waals surface area contributed by atoms with Crippen LogP contribution in [0.2, 0.25) is 5.02 Å². The van der Waals surface area contributed by atoms with Crippen molar-refractivity contribution in [2.75, 3.05) is 18.1 Å². The molecule has 0 radical (unpaired) electrons. The number of anilines is 1. The van der Waals surface area contributed by atoms with Gasteiger partial charge in [0.2, 0.25) is 5.91 Å². The third kappa shape index (κ3) is 4.72. The number of carboxylic acid groups (broad SMARTS) is 1. The van der Waals surface area contributed by atoms with Crippen LogP contribution < -0.4 is 4.90 Å². The Hall–Kier alpha value is -1.59. The molecule has 6 heteroatoms. The van der Waals surface area contributed by atoms with Crippen LogP contribution in [0.1, 0.15) is 25.7 Å². The van der Waals surface area contributed by atoms with Crippen molar-refractivity contribution < 1.29 is 19.4 Å². The molecule has 0 aromatic heterocycles. The van der Waals surface area contributed by atoms with Crippen molar-refractivity contribution in [3.63, 3.8) is 0 Å². The Morgan fingerprint density at radius 2 is 2.05 bits per heavy atom. The van der Waals surface area contributed by atoms with E-state index in [9.17, 15) is 9.59 Å². The van der Waals surface area contributed by atoms with Crippen molar-refractivity contribution >= 4 is 29.2 Å². The smallest absolute Gasteiger partial charge is 0.323 e. The van der Waals surface area contributed by atoms with Gasteiger partial charge in [0.1, 0.15) is 6.54 Å². The fraction of sp³-hybridized carbons (Fsp3) is 0.467. The van der Waals surface area contributed by atoms with Gasteiger partial charge in [-0.3, -0.25) is 9.59 Å². The molecule has 1 amide bonds. The lowest BCUT2D eigenvalue weighted by Crippen LogP contribution is -2.36. The quantitative estimate of drug-likeness (QED) is 0.877. The van der Waals surface area contributed by atoms with Crippen molar-refractivity contribution in [3.05, 3.63) is 29.3 Å². The highest BCUT2D eigenvalue weighted by Crippen LogP contribution is 2.21. The number of aliphatic carboxylic acids is 1. The highest BCUT2D eigenvalue weighted by atomic mass is 35.5. The summed E-state index contributed by atoms with van der Waals surface area (Å²) < 4.78 is 5.48. The molecule has 1 aromatic rings. The Balaban J connectivity index is 2.01. The number of benzene rings is 1. The molecule has 5 nitrogen and oxygen atoms in total. The zero-order chi connectivity index (χ0) is 15.2. The molecular weight excluding hydrogens is 294 g/mol. The highest BCUT2D eigenvalue weighted by molar-refractivity contribution is 6.30. The van der Waals surface area contributed by atoms with Crippen LogP contribution in [-0.2, 0) is 14.3 Å². The van der Waals surface area contributed by atoms with E-state index >= 15 is 0 Å². The van der Waals surface area contributed by atoms with Gasteiger partial charge in [0.05, 0.1) is 6.10 Å². The summed E-state index contributed by atoms with van der Waals surface area (Å²) in [6.45, 7) is 0.390. The molecule has 1 N–H and O–H groups in total. The van der Waals surface area contributed by atoms with E-state index in [0.29, 0.717) is 17.1 Å². The van der Waals surface area contributed by atoms with Gasteiger partial charge in [-0.15, -0.1) is 0 Å². The van der Waals surface area contributed by atoms with Gasteiger partial charge >= 0.3 is 5.97 Å². The van der Waals surface area contributed by atoms with E-state index in [4.69, 9.17) is 21.4 Å². The Kier molecular flexibility index (Phi) is 5.59. The molecule has 114 valence electrons. The van der Waals surface area contributed by atoms with Crippen molar-refractivity contribution in [1.29, 1.82) is 0 Å². The second kappa shape index (κ2) is 7.43. The third-order valence-electron chi connectivity index (χ3n) is 3.44. The Labute approximate surface area is 128 Å². The van der Waals surface area contributed by atoms with E-state index in [1.807, 2.05) is 0 Å². The number of ether oxygens (including phenoxy) is 1. The average Bonchev–Trinajstić information content (AvgIpc) is 2.96. The molecule has 0 bridgehead atoms. The van der Waals surface area contributed by atoms with Gasteiger partial charge in [0, 0.05) is 23.7 Å². The molecule has 1 aliphatic heterocycles. The summed E-state index contributed by atoms with van der Waals surface area (Å²) in [6.07, 6.45) is 3.01. The first-order chi connectivity index (χ1) is 10.1. The first-order valence-electron chi connectivity index (χ1n) is 6.95. The topological polar surface area (TPSA) is 66.8 Å². The van der Waals surface area contributed by atoms with E-state index < -0.39 is 5.97 Å². The van der Waals surface area contributed by atoms with Crippen molar-refractivity contribution in [3.8, 4) is 0 Å². The van der Waals surface area contributed by atoms with Crippen LogP contribution in [0.15, 0.2) is 24.3 Å². The zero-order valence-electron chi connectivity index (χ0n) is 11.6. The predicted octanol–water partition coefficient (Wildman–Crippen LogP) is 2.72. The maximum absolute atomic E-state index is 12.3. The minimum Gasteiger partial charge on any atom is -0.480 e. The maximum atomic E-state index is 12.3. The standard InChI is InChI=1S/C15H18ClNO4/c16-11-3-5-12(6-4-11)17(10-15(19)20)14(18)8-7-13-2-1-9-21-13/h3-6,13H,1-2,7-10H2,(H,19,20). The van der Waals surface area contributed by atoms with Crippen molar-refractivity contribution in [2.45, 2.75) is 31.8 Å². The lowest BCUT2D eigenvalue weighted by atomic mass is 10.1. The number of rotatable bonds is 6. The molecule has 21 heavy (non-hydrogen) atoms. The normalized spacial score (nSPS) is 17.7. The minimum atomic E-state index is -1.05. The summed E-state index contributed by atoms with van der Waals surface area (Å²) in [4.78, 5) is 24.5. The molecular formula is C15H18ClNO4. The molecule has 1 aromatic carbocycles. The number of halogens is 1. The van der Waals surface area contributed by atoms with Crippen LogP contribution in [0.5, 0.6) is 0 Å². The van der Waals surface area contributed by atoms with Crippen LogP contribution in [0.4, 0.5) is 5.69 Å². The summed E-state index contributed by atoms with van der Waals surface area (Å²) in [6, 6.07) is 6.57.